The number of para-hydroxylation sites is 1. The van der Waals surface area contributed by atoms with E-state index in [1.165, 1.54) is 0 Å². The maximum Gasteiger partial charge on any atom is 0.256 e. The number of nitrogens with one attached hydrogen (secondary N) is 1. The topological polar surface area (TPSA) is 64.3 Å². The molecule has 0 bridgehead atoms. The van der Waals surface area contributed by atoms with Gasteiger partial charge in [0.15, 0.2) is 0 Å². The molecule has 0 aliphatic rings. The van der Waals surface area contributed by atoms with Gasteiger partial charge in [-0.05, 0) is 46.3 Å². The smallest absolute Gasteiger partial charge is 0.256 e. The molecule has 108 valence electrons. The minimum atomic E-state index is -0.274. The Morgan fingerprint density at radius 3 is 2.62 bits per heavy atom. The van der Waals surface area contributed by atoms with Crippen molar-refractivity contribution >= 4 is 44.7 Å². The fraction of sp³-hybridized carbons (Fsp3) is 0.0667. The van der Waals surface area contributed by atoms with E-state index in [-0.39, 0.29) is 10.9 Å². The van der Waals surface area contributed by atoms with Crippen LogP contribution in [0.1, 0.15) is 15.9 Å². The highest BCUT2D eigenvalue weighted by atomic mass is 79.9. The van der Waals surface area contributed by atoms with E-state index in [1.807, 2.05) is 6.07 Å². The number of anilines is 1. The standard InChI is InChI=1S/C15H13BrN2O2S/c1-20-9-6-7-12(16)11(8-9)15(19)18-13-5-3-2-4-10(13)14(17)21/h2-8H,1H3,(H2,17,21)(H,18,19). The van der Waals surface area contributed by atoms with E-state index < -0.39 is 0 Å². The quantitative estimate of drug-likeness (QED) is 0.816. The summed E-state index contributed by atoms with van der Waals surface area (Å²) in [5.41, 5.74) is 7.32. The van der Waals surface area contributed by atoms with Crippen LogP contribution in [-0.2, 0) is 0 Å². The predicted molar refractivity (Wildman–Crippen MR) is 91.0 cm³/mol. The van der Waals surface area contributed by atoms with Gasteiger partial charge in [-0.1, -0.05) is 24.4 Å². The minimum absolute atomic E-state index is 0.232. The van der Waals surface area contributed by atoms with Gasteiger partial charge in [0.05, 0.1) is 18.4 Å². The lowest BCUT2D eigenvalue weighted by Crippen LogP contribution is -2.18. The highest BCUT2D eigenvalue weighted by Gasteiger charge is 2.14. The van der Waals surface area contributed by atoms with Gasteiger partial charge >= 0.3 is 0 Å². The van der Waals surface area contributed by atoms with Crippen LogP contribution in [0.3, 0.4) is 0 Å². The number of amides is 1. The number of thiocarbonyl (C=S) groups is 1. The molecule has 0 unspecified atom stereocenters. The molecule has 0 aliphatic carbocycles. The normalized spacial score (nSPS) is 10.0. The zero-order valence-corrected chi connectivity index (χ0v) is 13.6. The monoisotopic (exact) mass is 364 g/mol. The van der Waals surface area contributed by atoms with Gasteiger partial charge in [0.25, 0.3) is 5.91 Å². The Labute approximate surface area is 136 Å². The minimum Gasteiger partial charge on any atom is -0.497 e. The zero-order valence-electron chi connectivity index (χ0n) is 11.2. The van der Waals surface area contributed by atoms with Crippen molar-refractivity contribution in [3.05, 3.63) is 58.1 Å². The molecular weight excluding hydrogens is 352 g/mol. The molecule has 6 heteroatoms. The number of carbonyl (C=O) groups is 1. The van der Waals surface area contributed by atoms with Crippen LogP contribution in [0.15, 0.2) is 46.9 Å². The van der Waals surface area contributed by atoms with Gasteiger partial charge in [0.1, 0.15) is 10.7 Å². The molecule has 2 aromatic rings. The first-order valence-electron chi connectivity index (χ1n) is 6.06. The van der Waals surface area contributed by atoms with Crippen LogP contribution in [0.25, 0.3) is 0 Å². The summed E-state index contributed by atoms with van der Waals surface area (Å²) in [6.07, 6.45) is 0. The summed E-state index contributed by atoms with van der Waals surface area (Å²) in [6, 6.07) is 12.3. The van der Waals surface area contributed by atoms with Crippen LogP contribution in [0.4, 0.5) is 5.69 Å². The van der Waals surface area contributed by atoms with E-state index in [4.69, 9.17) is 22.7 Å². The second-order valence-electron chi connectivity index (χ2n) is 4.21. The fourth-order valence-corrected chi connectivity index (χ4v) is 2.41. The molecule has 0 saturated heterocycles. The maximum absolute atomic E-state index is 12.4. The summed E-state index contributed by atoms with van der Waals surface area (Å²) in [7, 11) is 1.55. The molecule has 0 aliphatic heterocycles. The van der Waals surface area contributed by atoms with Crippen molar-refractivity contribution in [2.45, 2.75) is 0 Å². The van der Waals surface area contributed by atoms with Crippen molar-refractivity contribution in [2.24, 2.45) is 5.73 Å². The first kappa shape index (κ1) is 15.5. The van der Waals surface area contributed by atoms with E-state index in [9.17, 15) is 4.79 Å². The highest BCUT2D eigenvalue weighted by Crippen LogP contribution is 2.24. The Morgan fingerprint density at radius 1 is 1.24 bits per heavy atom. The number of benzene rings is 2. The molecule has 4 nitrogen and oxygen atoms in total. The van der Waals surface area contributed by atoms with Crippen molar-refractivity contribution in [2.75, 3.05) is 12.4 Å². The van der Waals surface area contributed by atoms with E-state index >= 15 is 0 Å². The molecule has 1 amide bonds. The van der Waals surface area contributed by atoms with Gasteiger partial charge in [-0.15, -0.1) is 0 Å². The molecule has 0 saturated carbocycles. The zero-order chi connectivity index (χ0) is 15.4. The lowest BCUT2D eigenvalue weighted by Gasteiger charge is -2.11. The number of hydrogen-bond acceptors (Lipinski definition) is 3. The van der Waals surface area contributed by atoms with Crippen LogP contribution in [-0.4, -0.2) is 18.0 Å². The van der Waals surface area contributed by atoms with E-state index in [1.54, 1.807) is 43.5 Å². The molecule has 0 atom stereocenters. The lowest BCUT2D eigenvalue weighted by atomic mass is 10.1. The fourth-order valence-electron chi connectivity index (χ4n) is 1.80. The van der Waals surface area contributed by atoms with Crippen LogP contribution in [0.2, 0.25) is 0 Å². The number of hydrogen-bond donors (Lipinski definition) is 2. The molecule has 0 spiro atoms. The summed E-state index contributed by atoms with van der Waals surface area (Å²) >= 11 is 8.34. The van der Waals surface area contributed by atoms with E-state index in [2.05, 4.69) is 21.2 Å². The van der Waals surface area contributed by atoms with Crippen LogP contribution < -0.4 is 15.8 Å². The third kappa shape index (κ3) is 3.59. The number of nitrogens with two attached hydrogens (primary N) is 1. The van der Waals surface area contributed by atoms with Crippen molar-refractivity contribution in [3.8, 4) is 5.75 Å². The average Bonchev–Trinajstić information content (AvgIpc) is 2.48. The summed E-state index contributed by atoms with van der Waals surface area (Å²) in [5.74, 6) is 0.329. The SMILES string of the molecule is COc1ccc(Br)c(C(=O)Nc2ccccc2C(N)=S)c1. The first-order chi connectivity index (χ1) is 10.0. The molecule has 0 fully saturated rings. The largest absolute Gasteiger partial charge is 0.497 e. The van der Waals surface area contributed by atoms with Gasteiger partial charge < -0.3 is 15.8 Å². The number of halogens is 1. The van der Waals surface area contributed by atoms with Gasteiger partial charge in [0, 0.05) is 10.0 Å². The molecule has 21 heavy (non-hydrogen) atoms. The highest BCUT2D eigenvalue weighted by molar-refractivity contribution is 9.10. The van der Waals surface area contributed by atoms with E-state index in [0.717, 1.165) is 0 Å². The first-order valence-corrected chi connectivity index (χ1v) is 7.26. The summed E-state index contributed by atoms with van der Waals surface area (Å²) < 4.78 is 5.81. The van der Waals surface area contributed by atoms with Crippen LogP contribution in [0, 0.1) is 0 Å². The summed E-state index contributed by atoms with van der Waals surface area (Å²) in [5, 5.41) is 2.81. The second kappa shape index (κ2) is 6.69. The van der Waals surface area contributed by atoms with Gasteiger partial charge in [-0.3, -0.25) is 4.79 Å². The number of rotatable bonds is 4. The van der Waals surface area contributed by atoms with Crippen molar-refractivity contribution in [3.63, 3.8) is 0 Å². The Bertz CT molecular complexity index is 704. The Balaban J connectivity index is 2.33. The third-order valence-electron chi connectivity index (χ3n) is 2.86. The van der Waals surface area contributed by atoms with Crippen molar-refractivity contribution in [1.82, 2.24) is 0 Å². The second-order valence-corrected chi connectivity index (χ2v) is 5.50. The van der Waals surface area contributed by atoms with Gasteiger partial charge in [-0.2, -0.15) is 0 Å². The summed E-state index contributed by atoms with van der Waals surface area (Å²) in [6.45, 7) is 0. The number of methoxy groups -OCH3 is 1. The molecule has 2 aromatic carbocycles. The molecular formula is C15H13BrN2O2S. The molecule has 0 aromatic heterocycles. The summed E-state index contributed by atoms with van der Waals surface area (Å²) in [4.78, 5) is 12.6. The lowest BCUT2D eigenvalue weighted by molar-refractivity contribution is 0.102. The molecule has 3 N–H and O–H groups in total. The van der Waals surface area contributed by atoms with Crippen LogP contribution in [0.5, 0.6) is 5.75 Å². The number of carbonyl (C=O) groups excluding carboxylic acids is 1. The number of ether oxygens (including phenoxy) is 1. The van der Waals surface area contributed by atoms with Crippen molar-refractivity contribution < 1.29 is 9.53 Å². The molecule has 0 radical (unpaired) electrons. The third-order valence-corrected chi connectivity index (χ3v) is 3.77. The van der Waals surface area contributed by atoms with Crippen molar-refractivity contribution in [1.29, 1.82) is 0 Å². The van der Waals surface area contributed by atoms with Crippen LogP contribution >= 0.6 is 28.1 Å². The molecule has 2 rings (SSSR count). The van der Waals surface area contributed by atoms with E-state index in [0.29, 0.717) is 27.0 Å². The van der Waals surface area contributed by atoms with Gasteiger partial charge in [0.2, 0.25) is 0 Å². The Kier molecular flexibility index (Phi) is 4.93. The maximum atomic E-state index is 12.4. The Hall–Kier alpha value is -1.92. The Morgan fingerprint density at radius 2 is 1.95 bits per heavy atom. The van der Waals surface area contributed by atoms with Gasteiger partial charge in [-0.25, -0.2) is 0 Å². The average molecular weight is 365 g/mol. The predicted octanol–water partition coefficient (Wildman–Crippen LogP) is 3.34. The molecule has 0 heterocycles.